The zero-order valence-electron chi connectivity index (χ0n) is 22.3. The molecule has 1 aliphatic rings. The molecule has 2 aromatic heterocycles. The van der Waals surface area contributed by atoms with Crippen LogP contribution in [0.4, 0.5) is 0 Å². The molecule has 8 nitrogen and oxygen atoms in total. The molecular weight excluding hydrogens is 536 g/mol. The number of rotatable bonds is 12. The van der Waals surface area contributed by atoms with E-state index in [0.717, 1.165) is 37.8 Å². The second kappa shape index (κ2) is 13.5. The van der Waals surface area contributed by atoms with Crippen molar-refractivity contribution >= 4 is 34.6 Å². The van der Waals surface area contributed by atoms with Crippen molar-refractivity contribution in [3.05, 3.63) is 74.6 Å². The average Bonchev–Trinajstić information content (AvgIpc) is 3.70. The van der Waals surface area contributed by atoms with Crippen LogP contribution in [0.5, 0.6) is 5.75 Å². The van der Waals surface area contributed by atoms with Crippen molar-refractivity contribution in [2.75, 3.05) is 33.8 Å². The molecule has 1 amide bonds. The SMILES string of the molecule is CN(CCN(C)[C@H]1CC[C@H](OC(=O)C(O)(c2cccs2)c2cccs2)CC1)C(=O)COc1ccc(CO)cc1. The van der Waals surface area contributed by atoms with Gasteiger partial charge >= 0.3 is 5.97 Å². The fraction of sp³-hybridized carbons (Fsp3) is 0.448. The Morgan fingerprint density at radius 3 is 2.10 bits per heavy atom. The summed E-state index contributed by atoms with van der Waals surface area (Å²) in [5.74, 6) is -0.127. The maximum absolute atomic E-state index is 13.2. The minimum Gasteiger partial charge on any atom is -0.484 e. The van der Waals surface area contributed by atoms with Crippen LogP contribution in [0.15, 0.2) is 59.3 Å². The van der Waals surface area contributed by atoms with Gasteiger partial charge in [-0.25, -0.2) is 4.79 Å². The van der Waals surface area contributed by atoms with E-state index in [1.807, 2.05) is 22.9 Å². The van der Waals surface area contributed by atoms with Gasteiger partial charge in [0.05, 0.1) is 16.4 Å². The van der Waals surface area contributed by atoms with E-state index in [4.69, 9.17) is 14.6 Å². The molecular formula is C29H36N2O6S2. The smallest absolute Gasteiger partial charge is 0.349 e. The summed E-state index contributed by atoms with van der Waals surface area (Å²) in [6.45, 7) is 1.22. The Bertz CT molecular complexity index is 1140. The van der Waals surface area contributed by atoms with Crippen LogP contribution in [0.1, 0.15) is 41.0 Å². The van der Waals surface area contributed by atoms with E-state index in [1.54, 1.807) is 48.3 Å². The first kappa shape index (κ1) is 29.2. The molecule has 0 radical (unpaired) electrons. The van der Waals surface area contributed by atoms with Crippen molar-refractivity contribution in [3.63, 3.8) is 0 Å². The van der Waals surface area contributed by atoms with Gasteiger partial charge in [0.1, 0.15) is 11.9 Å². The molecule has 1 aliphatic carbocycles. The quantitative estimate of drug-likeness (QED) is 0.318. The summed E-state index contributed by atoms with van der Waals surface area (Å²) in [5.41, 5.74) is -0.987. The number of hydrogen-bond donors (Lipinski definition) is 2. The fourth-order valence-electron chi connectivity index (χ4n) is 4.69. The minimum atomic E-state index is -1.78. The summed E-state index contributed by atoms with van der Waals surface area (Å²) in [7, 11) is 3.83. The van der Waals surface area contributed by atoms with Gasteiger partial charge in [-0.3, -0.25) is 4.79 Å². The summed E-state index contributed by atoms with van der Waals surface area (Å²) in [4.78, 5) is 30.8. The number of nitrogens with zero attached hydrogens (tertiary/aromatic N) is 2. The Labute approximate surface area is 237 Å². The molecule has 2 N–H and O–H groups in total. The third-order valence-electron chi connectivity index (χ3n) is 7.27. The van der Waals surface area contributed by atoms with Gasteiger partial charge < -0.3 is 29.5 Å². The molecule has 0 atom stereocenters. The number of likely N-dealkylation sites (N-methyl/N-ethyl adjacent to an activating group) is 2. The van der Waals surface area contributed by atoms with Gasteiger partial charge in [-0.2, -0.15) is 0 Å². The first-order chi connectivity index (χ1) is 18.8. The first-order valence-electron chi connectivity index (χ1n) is 13.1. The normalized spacial score (nSPS) is 17.7. The highest BCUT2D eigenvalue weighted by molar-refractivity contribution is 7.12. The predicted octanol–water partition coefficient (Wildman–Crippen LogP) is 3.86. The van der Waals surface area contributed by atoms with E-state index in [1.165, 1.54) is 22.7 Å². The van der Waals surface area contributed by atoms with E-state index in [-0.39, 0.29) is 25.2 Å². The maximum atomic E-state index is 13.2. The molecule has 4 rings (SSSR count). The number of carbonyl (C=O) groups excluding carboxylic acids is 2. The zero-order chi connectivity index (χ0) is 27.8. The molecule has 10 heteroatoms. The zero-order valence-corrected chi connectivity index (χ0v) is 24.0. The van der Waals surface area contributed by atoms with E-state index in [0.29, 0.717) is 28.1 Å². The van der Waals surface area contributed by atoms with Crippen molar-refractivity contribution < 1.29 is 29.3 Å². The van der Waals surface area contributed by atoms with Crippen LogP contribution >= 0.6 is 22.7 Å². The van der Waals surface area contributed by atoms with Gasteiger partial charge in [0.25, 0.3) is 5.91 Å². The van der Waals surface area contributed by atoms with Crippen molar-refractivity contribution in [2.45, 2.75) is 50.0 Å². The largest absolute Gasteiger partial charge is 0.484 e. The molecule has 0 bridgehead atoms. The fourth-order valence-corrected chi connectivity index (χ4v) is 6.41. The highest BCUT2D eigenvalue weighted by Gasteiger charge is 2.45. The lowest BCUT2D eigenvalue weighted by Gasteiger charge is -2.36. The molecule has 1 aromatic carbocycles. The van der Waals surface area contributed by atoms with E-state index in [9.17, 15) is 14.7 Å². The van der Waals surface area contributed by atoms with Crippen LogP contribution in [0.25, 0.3) is 0 Å². The molecule has 0 spiro atoms. The molecule has 0 saturated heterocycles. The molecule has 39 heavy (non-hydrogen) atoms. The Morgan fingerprint density at radius 1 is 0.949 bits per heavy atom. The van der Waals surface area contributed by atoms with Crippen LogP contribution < -0.4 is 4.74 Å². The monoisotopic (exact) mass is 572 g/mol. The number of ether oxygens (including phenoxy) is 2. The van der Waals surface area contributed by atoms with Crippen LogP contribution in [-0.2, 0) is 26.5 Å². The van der Waals surface area contributed by atoms with Gasteiger partial charge in [-0.05, 0) is 73.3 Å². The average molecular weight is 573 g/mol. The Hall–Kier alpha value is -2.76. The topological polar surface area (TPSA) is 99.5 Å². The summed E-state index contributed by atoms with van der Waals surface area (Å²) in [5, 5.41) is 24.3. The number of benzene rings is 1. The molecule has 0 aliphatic heterocycles. The number of hydrogen-bond acceptors (Lipinski definition) is 9. The van der Waals surface area contributed by atoms with E-state index in [2.05, 4.69) is 11.9 Å². The van der Waals surface area contributed by atoms with Crippen LogP contribution in [0, 0.1) is 0 Å². The summed E-state index contributed by atoms with van der Waals surface area (Å²) >= 11 is 2.68. The van der Waals surface area contributed by atoms with Gasteiger partial charge in [-0.1, -0.05) is 24.3 Å². The van der Waals surface area contributed by atoms with Crippen LogP contribution in [0.2, 0.25) is 0 Å². The predicted molar refractivity (Wildman–Crippen MR) is 152 cm³/mol. The lowest BCUT2D eigenvalue weighted by Crippen LogP contribution is -2.44. The molecule has 0 unspecified atom stereocenters. The lowest BCUT2D eigenvalue weighted by molar-refractivity contribution is -0.169. The number of carbonyl (C=O) groups is 2. The standard InChI is InChI=1S/C29H36N2O6S2/c1-30(15-16-31(2)27(33)20-36-23-11-7-21(19-32)8-12-23)22-9-13-24(14-10-22)37-28(34)29(35,25-5-3-17-38-25)26-6-4-18-39-26/h3-8,11-12,17-18,22,24,32,35H,9-10,13-16,19-20H2,1-2H3/t22-,24-. The van der Waals surface area contributed by atoms with E-state index >= 15 is 0 Å². The second-order valence-electron chi connectivity index (χ2n) is 9.89. The third-order valence-corrected chi connectivity index (χ3v) is 9.23. The molecule has 3 aromatic rings. The Morgan fingerprint density at radius 2 is 1.56 bits per heavy atom. The van der Waals surface area contributed by atoms with Crippen molar-refractivity contribution in [1.82, 2.24) is 9.80 Å². The second-order valence-corrected chi connectivity index (χ2v) is 11.8. The van der Waals surface area contributed by atoms with Gasteiger partial charge in [-0.15, -0.1) is 22.7 Å². The molecule has 2 heterocycles. The summed E-state index contributed by atoms with van der Waals surface area (Å²) in [6.07, 6.45) is 2.96. The number of esters is 1. The first-order valence-corrected chi connectivity index (χ1v) is 14.9. The summed E-state index contributed by atoms with van der Waals surface area (Å²) in [6, 6.07) is 14.5. The third kappa shape index (κ3) is 7.26. The Kier molecular flexibility index (Phi) is 10.1. The highest BCUT2D eigenvalue weighted by Crippen LogP contribution is 2.38. The molecule has 210 valence electrons. The van der Waals surface area contributed by atoms with Crippen molar-refractivity contribution in [3.8, 4) is 5.75 Å². The number of aliphatic hydroxyl groups excluding tert-OH is 1. The molecule has 1 fully saturated rings. The number of amides is 1. The van der Waals surface area contributed by atoms with Gasteiger partial charge in [0.2, 0.25) is 5.60 Å². The van der Waals surface area contributed by atoms with Gasteiger partial charge in [0.15, 0.2) is 6.61 Å². The summed E-state index contributed by atoms with van der Waals surface area (Å²) < 4.78 is 11.4. The van der Waals surface area contributed by atoms with Crippen LogP contribution in [-0.4, -0.2) is 77.8 Å². The lowest BCUT2D eigenvalue weighted by atomic mass is 9.91. The van der Waals surface area contributed by atoms with E-state index < -0.39 is 11.6 Å². The highest BCUT2D eigenvalue weighted by atomic mass is 32.1. The number of aliphatic hydroxyl groups is 2. The number of thiophene rings is 2. The van der Waals surface area contributed by atoms with Crippen molar-refractivity contribution in [2.24, 2.45) is 0 Å². The maximum Gasteiger partial charge on any atom is 0.349 e. The Balaban J connectivity index is 1.20. The van der Waals surface area contributed by atoms with Crippen LogP contribution in [0.3, 0.4) is 0 Å². The van der Waals surface area contributed by atoms with Crippen molar-refractivity contribution in [1.29, 1.82) is 0 Å². The van der Waals surface area contributed by atoms with Gasteiger partial charge in [0, 0.05) is 26.2 Å². The minimum absolute atomic E-state index is 0.0309. The molecule has 1 saturated carbocycles.